The van der Waals surface area contributed by atoms with Crippen molar-refractivity contribution in [3.8, 4) is 0 Å². The minimum Gasteiger partial charge on any atom is -0.476 e. The molecule has 2 aliphatic rings. The molecule has 0 aromatic heterocycles. The Balaban J connectivity index is 2.22. The van der Waals surface area contributed by atoms with Crippen molar-refractivity contribution in [2.75, 3.05) is 13.4 Å². The molecule has 0 bridgehead atoms. The fraction of sp³-hybridized carbons (Fsp3) is 0.714. The molecule has 3 unspecified atom stereocenters. The molecule has 0 aliphatic carbocycles. The first-order valence-electron chi connectivity index (χ1n) is 3.62. The van der Waals surface area contributed by atoms with Crippen molar-refractivity contribution < 1.29 is 24.1 Å². The van der Waals surface area contributed by atoms with E-state index in [0.717, 1.165) is 0 Å². The Bertz CT molecular complexity index is 232. The van der Waals surface area contributed by atoms with Crippen LogP contribution in [0.5, 0.6) is 0 Å². The Hall–Kier alpha value is -0.870. The Morgan fingerprint density at radius 1 is 1.58 bits per heavy atom. The molecule has 2 saturated heterocycles. The first kappa shape index (κ1) is 7.76. The van der Waals surface area contributed by atoms with Gasteiger partial charge in [0.15, 0.2) is 18.1 Å². The van der Waals surface area contributed by atoms with Crippen LogP contribution in [0.15, 0.2) is 5.76 Å². The Morgan fingerprint density at radius 2 is 2.42 bits per heavy atom. The molecule has 2 rings (SSSR count). The molecule has 0 amide bonds. The second kappa shape index (κ2) is 2.88. The van der Waals surface area contributed by atoms with Crippen molar-refractivity contribution >= 4 is 5.94 Å². The van der Waals surface area contributed by atoms with E-state index in [1.165, 1.54) is 0 Å². The number of carbonyl (C=O) groups excluding carboxylic acids is 1. The number of ether oxygens (including phenoxy) is 3. The van der Waals surface area contributed by atoms with Crippen LogP contribution in [0.3, 0.4) is 0 Å². The Kier molecular flexibility index (Phi) is 1.86. The summed E-state index contributed by atoms with van der Waals surface area (Å²) in [6.45, 7) is -0.0456. The van der Waals surface area contributed by atoms with E-state index in [-0.39, 0.29) is 25.3 Å². The average Bonchev–Trinajstić information content (AvgIpc) is 2.63. The van der Waals surface area contributed by atoms with Crippen LogP contribution in [0.25, 0.3) is 0 Å². The standard InChI is InChI=1S/C7H8O5/c8-1-4-6-7(11-3-10-6)5(2-9)12-4/h4,6-8H,1,3H2. The normalized spacial score (nSPS) is 39.1. The number of hydrogen-bond acceptors (Lipinski definition) is 5. The molecule has 0 aromatic carbocycles. The van der Waals surface area contributed by atoms with Crippen LogP contribution in [0.1, 0.15) is 0 Å². The second-order valence-electron chi connectivity index (χ2n) is 2.64. The summed E-state index contributed by atoms with van der Waals surface area (Å²) in [6, 6.07) is 0. The summed E-state index contributed by atoms with van der Waals surface area (Å²) in [5.41, 5.74) is 0. The van der Waals surface area contributed by atoms with Crippen LogP contribution in [0.4, 0.5) is 0 Å². The maximum absolute atomic E-state index is 10.3. The molecule has 66 valence electrons. The van der Waals surface area contributed by atoms with Gasteiger partial charge >= 0.3 is 0 Å². The molecular weight excluding hydrogens is 164 g/mol. The summed E-state index contributed by atoms with van der Waals surface area (Å²) in [5, 5.41) is 8.82. The quantitative estimate of drug-likeness (QED) is 0.505. The highest BCUT2D eigenvalue weighted by Crippen LogP contribution is 2.31. The van der Waals surface area contributed by atoms with Gasteiger partial charge < -0.3 is 19.3 Å². The fourth-order valence-corrected chi connectivity index (χ4v) is 1.42. The SMILES string of the molecule is O=C=C1OC(CO)C2OCOC12. The number of aliphatic hydroxyl groups excluding tert-OH is 1. The van der Waals surface area contributed by atoms with Crippen molar-refractivity contribution in [3.05, 3.63) is 5.76 Å². The number of fused-ring (bicyclic) bond motifs is 1. The molecule has 3 atom stereocenters. The average molecular weight is 172 g/mol. The highest BCUT2D eigenvalue weighted by molar-refractivity contribution is 5.52. The smallest absolute Gasteiger partial charge is 0.212 e. The van der Waals surface area contributed by atoms with Crippen LogP contribution < -0.4 is 0 Å². The maximum atomic E-state index is 10.3. The zero-order chi connectivity index (χ0) is 8.55. The van der Waals surface area contributed by atoms with Gasteiger partial charge in [-0.1, -0.05) is 0 Å². The van der Waals surface area contributed by atoms with Gasteiger partial charge in [-0.2, -0.15) is 0 Å². The van der Waals surface area contributed by atoms with Crippen LogP contribution in [-0.4, -0.2) is 42.8 Å². The fourth-order valence-electron chi connectivity index (χ4n) is 1.42. The molecule has 2 heterocycles. The molecule has 1 N–H and O–H groups in total. The van der Waals surface area contributed by atoms with Gasteiger partial charge in [-0.05, 0) is 0 Å². The largest absolute Gasteiger partial charge is 0.476 e. The molecule has 5 heteroatoms. The number of aliphatic hydroxyl groups is 1. The first-order valence-corrected chi connectivity index (χ1v) is 3.62. The van der Waals surface area contributed by atoms with E-state index in [4.69, 9.17) is 19.3 Å². The lowest BCUT2D eigenvalue weighted by molar-refractivity contribution is -0.0368. The van der Waals surface area contributed by atoms with E-state index < -0.39 is 12.2 Å². The topological polar surface area (TPSA) is 65.0 Å². The van der Waals surface area contributed by atoms with Crippen molar-refractivity contribution in [1.82, 2.24) is 0 Å². The van der Waals surface area contributed by atoms with Gasteiger partial charge in [0.25, 0.3) is 0 Å². The number of hydrogen-bond donors (Lipinski definition) is 1. The first-order chi connectivity index (χ1) is 5.86. The summed E-state index contributed by atoms with van der Waals surface area (Å²) >= 11 is 0. The Labute approximate surface area is 68.5 Å². The zero-order valence-corrected chi connectivity index (χ0v) is 6.23. The van der Waals surface area contributed by atoms with Crippen LogP contribution in [-0.2, 0) is 19.0 Å². The lowest BCUT2D eigenvalue weighted by Gasteiger charge is -2.10. The molecule has 0 saturated carbocycles. The predicted octanol–water partition coefficient (Wildman–Crippen LogP) is -1.17. The summed E-state index contributed by atoms with van der Waals surface area (Å²) in [7, 11) is 0. The van der Waals surface area contributed by atoms with Crippen LogP contribution in [0.2, 0.25) is 0 Å². The van der Waals surface area contributed by atoms with Crippen LogP contribution >= 0.6 is 0 Å². The highest BCUT2D eigenvalue weighted by Gasteiger charge is 2.47. The van der Waals surface area contributed by atoms with Gasteiger partial charge in [0.05, 0.1) is 6.61 Å². The molecule has 2 fully saturated rings. The molecule has 0 radical (unpaired) electrons. The van der Waals surface area contributed by atoms with Crippen LogP contribution in [0, 0.1) is 0 Å². The minimum atomic E-state index is -0.492. The Morgan fingerprint density at radius 3 is 3.08 bits per heavy atom. The van der Waals surface area contributed by atoms with E-state index in [1.54, 1.807) is 5.94 Å². The van der Waals surface area contributed by atoms with Crippen molar-refractivity contribution in [2.45, 2.75) is 18.3 Å². The van der Waals surface area contributed by atoms with Gasteiger partial charge in [0.1, 0.15) is 12.9 Å². The van der Waals surface area contributed by atoms with E-state index in [0.29, 0.717) is 0 Å². The molecule has 0 aromatic rings. The van der Waals surface area contributed by atoms with E-state index in [9.17, 15) is 4.79 Å². The predicted molar refractivity (Wildman–Crippen MR) is 35.8 cm³/mol. The van der Waals surface area contributed by atoms with Gasteiger partial charge in [-0.15, -0.1) is 0 Å². The van der Waals surface area contributed by atoms with Crippen molar-refractivity contribution in [3.63, 3.8) is 0 Å². The van der Waals surface area contributed by atoms with Gasteiger partial charge in [-0.25, -0.2) is 4.79 Å². The molecule has 0 spiro atoms. The lowest BCUT2D eigenvalue weighted by Crippen LogP contribution is -2.29. The van der Waals surface area contributed by atoms with Gasteiger partial charge in [0.2, 0.25) is 5.76 Å². The van der Waals surface area contributed by atoms with E-state index in [2.05, 4.69) is 0 Å². The van der Waals surface area contributed by atoms with E-state index >= 15 is 0 Å². The third kappa shape index (κ3) is 0.956. The van der Waals surface area contributed by atoms with Gasteiger partial charge in [-0.3, -0.25) is 0 Å². The summed E-state index contributed by atoms with van der Waals surface area (Å²) in [4.78, 5) is 10.3. The minimum absolute atomic E-state index is 0.0940. The summed E-state index contributed by atoms with van der Waals surface area (Å²) in [5.74, 6) is 1.72. The monoisotopic (exact) mass is 172 g/mol. The van der Waals surface area contributed by atoms with E-state index in [1.807, 2.05) is 0 Å². The summed E-state index contributed by atoms with van der Waals surface area (Å²) < 4.78 is 15.2. The lowest BCUT2D eigenvalue weighted by atomic mass is 10.1. The number of rotatable bonds is 1. The molecular formula is C7H8O5. The van der Waals surface area contributed by atoms with Crippen molar-refractivity contribution in [2.24, 2.45) is 0 Å². The molecule has 12 heavy (non-hydrogen) atoms. The second-order valence-corrected chi connectivity index (χ2v) is 2.64. The zero-order valence-electron chi connectivity index (χ0n) is 6.23. The molecule has 5 nitrogen and oxygen atoms in total. The molecule has 2 aliphatic heterocycles. The highest BCUT2D eigenvalue weighted by atomic mass is 16.7. The van der Waals surface area contributed by atoms with Gasteiger partial charge in [0, 0.05) is 0 Å². The third-order valence-electron chi connectivity index (χ3n) is 1.99. The van der Waals surface area contributed by atoms with Crippen molar-refractivity contribution in [1.29, 1.82) is 0 Å². The third-order valence-corrected chi connectivity index (χ3v) is 1.99. The summed E-state index contributed by atoms with van der Waals surface area (Å²) in [6.07, 6.45) is -1.32. The maximum Gasteiger partial charge on any atom is 0.212 e.